The van der Waals surface area contributed by atoms with Crippen molar-refractivity contribution in [3.8, 4) is 78.7 Å². The van der Waals surface area contributed by atoms with Gasteiger partial charge in [-0.25, -0.2) is 15.0 Å². The van der Waals surface area contributed by atoms with E-state index in [4.69, 9.17) is 15.0 Å². The van der Waals surface area contributed by atoms with Gasteiger partial charge >= 0.3 is 0 Å². The van der Waals surface area contributed by atoms with Crippen molar-refractivity contribution in [1.82, 2.24) is 15.0 Å². The number of hydrogen-bond donors (Lipinski definition) is 0. The Kier molecular flexibility index (Phi) is 7.69. The SMILES string of the molecule is c1ccc(-c2nc(-c3ccc(-c4cccc5c4C4(c6ccccc6-c6ccccc64)c4ccccc4-5)cc3)nc(-c3cccc(-c4ccc5sc6ccccc6c5c4)c3)n2)cc1. The summed E-state index contributed by atoms with van der Waals surface area (Å²) in [5.41, 5.74) is 17.6. The average molecular weight is 806 g/mol. The number of aromatic nitrogens is 3. The van der Waals surface area contributed by atoms with Gasteiger partial charge < -0.3 is 0 Å². The molecule has 2 heterocycles. The normalized spacial score (nSPS) is 13.0. The lowest BCUT2D eigenvalue weighted by atomic mass is 9.68. The molecule has 0 N–H and O–H groups in total. The van der Waals surface area contributed by atoms with E-state index in [2.05, 4.69) is 194 Å². The molecule has 13 rings (SSSR count). The maximum absolute atomic E-state index is 5.19. The van der Waals surface area contributed by atoms with Crippen LogP contribution in [0.15, 0.2) is 212 Å². The summed E-state index contributed by atoms with van der Waals surface area (Å²) in [4.78, 5) is 15.4. The summed E-state index contributed by atoms with van der Waals surface area (Å²) in [7, 11) is 0. The van der Waals surface area contributed by atoms with E-state index in [1.807, 2.05) is 29.5 Å². The zero-order valence-electron chi connectivity index (χ0n) is 33.5. The van der Waals surface area contributed by atoms with Gasteiger partial charge in [0.15, 0.2) is 17.5 Å². The fourth-order valence-electron chi connectivity index (χ4n) is 10.3. The predicted molar refractivity (Wildman–Crippen MR) is 256 cm³/mol. The van der Waals surface area contributed by atoms with Crippen molar-refractivity contribution in [3.63, 3.8) is 0 Å². The van der Waals surface area contributed by atoms with E-state index in [0.717, 1.165) is 33.4 Å². The van der Waals surface area contributed by atoms with E-state index in [-0.39, 0.29) is 0 Å². The lowest BCUT2D eigenvalue weighted by Gasteiger charge is -2.32. The molecule has 62 heavy (non-hydrogen) atoms. The Morgan fingerprint density at radius 3 is 1.45 bits per heavy atom. The zero-order chi connectivity index (χ0) is 40.8. The maximum Gasteiger partial charge on any atom is 0.164 e. The molecule has 0 amide bonds. The van der Waals surface area contributed by atoms with Crippen LogP contribution in [-0.4, -0.2) is 15.0 Å². The van der Waals surface area contributed by atoms with Gasteiger partial charge in [0.2, 0.25) is 0 Å². The van der Waals surface area contributed by atoms with Crippen LogP contribution in [0.2, 0.25) is 0 Å². The van der Waals surface area contributed by atoms with Crippen molar-refractivity contribution >= 4 is 31.5 Å². The molecule has 0 fully saturated rings. The lowest BCUT2D eigenvalue weighted by Crippen LogP contribution is -2.26. The lowest BCUT2D eigenvalue weighted by molar-refractivity contribution is 0.796. The molecule has 11 aromatic rings. The largest absolute Gasteiger partial charge is 0.208 e. The van der Waals surface area contributed by atoms with Gasteiger partial charge in [0.25, 0.3) is 0 Å². The maximum atomic E-state index is 5.19. The highest BCUT2D eigenvalue weighted by atomic mass is 32.1. The number of rotatable bonds is 5. The van der Waals surface area contributed by atoms with Gasteiger partial charge in [0, 0.05) is 36.9 Å². The van der Waals surface area contributed by atoms with E-state index in [9.17, 15) is 0 Å². The molecule has 288 valence electrons. The molecule has 0 radical (unpaired) electrons. The van der Waals surface area contributed by atoms with Crippen molar-refractivity contribution in [2.45, 2.75) is 5.41 Å². The minimum Gasteiger partial charge on any atom is -0.208 e. The second kappa shape index (κ2) is 13.6. The molecule has 2 aromatic heterocycles. The Morgan fingerprint density at radius 1 is 0.290 bits per heavy atom. The number of benzene rings is 9. The Bertz CT molecular complexity index is 3520. The van der Waals surface area contributed by atoms with E-state index in [0.29, 0.717) is 17.5 Å². The number of hydrogen-bond acceptors (Lipinski definition) is 4. The zero-order valence-corrected chi connectivity index (χ0v) is 34.3. The smallest absolute Gasteiger partial charge is 0.164 e. The molecule has 4 heteroatoms. The summed E-state index contributed by atoms with van der Waals surface area (Å²) in [6, 6.07) is 76.8. The fourth-order valence-corrected chi connectivity index (χ4v) is 11.4. The molecular weight excluding hydrogens is 771 g/mol. The van der Waals surface area contributed by atoms with Gasteiger partial charge in [0.1, 0.15) is 0 Å². The van der Waals surface area contributed by atoms with Crippen LogP contribution < -0.4 is 0 Å². The molecule has 0 bridgehead atoms. The second-order valence-electron chi connectivity index (χ2n) is 16.3. The monoisotopic (exact) mass is 805 g/mol. The summed E-state index contributed by atoms with van der Waals surface area (Å²) >= 11 is 1.84. The first-order valence-corrected chi connectivity index (χ1v) is 21.9. The summed E-state index contributed by atoms with van der Waals surface area (Å²) in [6.45, 7) is 0. The van der Waals surface area contributed by atoms with Crippen molar-refractivity contribution in [2.75, 3.05) is 0 Å². The second-order valence-corrected chi connectivity index (χ2v) is 17.3. The van der Waals surface area contributed by atoms with Gasteiger partial charge in [-0.15, -0.1) is 11.3 Å². The third-order valence-corrected chi connectivity index (χ3v) is 14.1. The number of nitrogens with zero attached hydrogens (tertiary/aromatic N) is 3. The summed E-state index contributed by atoms with van der Waals surface area (Å²) in [5.74, 6) is 1.92. The molecular formula is C58H35N3S. The topological polar surface area (TPSA) is 38.7 Å². The van der Waals surface area contributed by atoms with Crippen molar-refractivity contribution in [2.24, 2.45) is 0 Å². The quantitative estimate of drug-likeness (QED) is 0.174. The molecule has 0 aliphatic heterocycles. The van der Waals surface area contributed by atoms with E-state index in [1.165, 1.54) is 70.2 Å². The highest BCUT2D eigenvalue weighted by Gasteiger charge is 2.52. The molecule has 9 aromatic carbocycles. The molecule has 0 saturated carbocycles. The minimum atomic E-state index is -0.431. The van der Waals surface area contributed by atoms with Crippen LogP contribution >= 0.6 is 11.3 Å². The van der Waals surface area contributed by atoms with E-state index < -0.39 is 5.41 Å². The average Bonchev–Trinajstić information content (AvgIpc) is 3.98. The van der Waals surface area contributed by atoms with E-state index in [1.54, 1.807) is 0 Å². The highest BCUT2D eigenvalue weighted by molar-refractivity contribution is 7.25. The van der Waals surface area contributed by atoms with Crippen molar-refractivity contribution in [1.29, 1.82) is 0 Å². The third kappa shape index (κ3) is 5.14. The fraction of sp³-hybridized carbons (Fsp3) is 0.0172. The van der Waals surface area contributed by atoms with Crippen LogP contribution in [-0.2, 0) is 5.41 Å². The first kappa shape index (κ1) is 35.0. The molecule has 2 aliphatic rings. The molecule has 0 unspecified atom stereocenters. The third-order valence-electron chi connectivity index (χ3n) is 13.0. The molecule has 0 atom stereocenters. The van der Waals surface area contributed by atoms with Gasteiger partial charge in [-0.2, -0.15) is 0 Å². The van der Waals surface area contributed by atoms with Crippen LogP contribution in [0.3, 0.4) is 0 Å². The van der Waals surface area contributed by atoms with Crippen LogP contribution in [0.25, 0.3) is 98.8 Å². The standard InChI is InChI=1S/C58H35N3S/c1-2-14-37(15-3-1)55-59-56(61-57(60-55)41-17-12-16-39(34-41)40-32-33-53-48(35-40)46-21-7-11-27-52(46)62-53)38-30-28-36(29-31-38)42-22-13-23-47-45-20-6-10-26-51(45)58(54(42)47)49-24-8-4-18-43(49)44-19-5-9-25-50(44)58/h1-35H. The van der Waals surface area contributed by atoms with Gasteiger partial charge in [-0.1, -0.05) is 188 Å². The van der Waals surface area contributed by atoms with Crippen LogP contribution in [0.5, 0.6) is 0 Å². The van der Waals surface area contributed by atoms with Gasteiger partial charge in [0.05, 0.1) is 5.41 Å². The Labute approximate surface area is 363 Å². The summed E-state index contributed by atoms with van der Waals surface area (Å²) in [6.07, 6.45) is 0. The molecule has 2 aliphatic carbocycles. The molecule has 0 saturated heterocycles. The number of fused-ring (bicyclic) bond motifs is 13. The summed E-state index contributed by atoms with van der Waals surface area (Å²) < 4.78 is 2.60. The Balaban J connectivity index is 0.935. The van der Waals surface area contributed by atoms with Gasteiger partial charge in [-0.3, -0.25) is 0 Å². The molecule has 1 spiro atoms. The Hall–Kier alpha value is -7.79. The first-order chi connectivity index (χ1) is 30.7. The van der Waals surface area contributed by atoms with Crippen LogP contribution in [0.1, 0.15) is 22.3 Å². The number of thiophene rings is 1. The molecule has 3 nitrogen and oxygen atoms in total. The van der Waals surface area contributed by atoms with Crippen LogP contribution in [0.4, 0.5) is 0 Å². The highest BCUT2D eigenvalue weighted by Crippen LogP contribution is 2.64. The van der Waals surface area contributed by atoms with Crippen LogP contribution in [0, 0.1) is 0 Å². The summed E-state index contributed by atoms with van der Waals surface area (Å²) in [5, 5.41) is 2.57. The van der Waals surface area contributed by atoms with Crippen molar-refractivity contribution < 1.29 is 0 Å². The minimum absolute atomic E-state index is 0.431. The van der Waals surface area contributed by atoms with E-state index >= 15 is 0 Å². The first-order valence-electron chi connectivity index (χ1n) is 21.1. The predicted octanol–water partition coefficient (Wildman–Crippen LogP) is 14.9. The van der Waals surface area contributed by atoms with Gasteiger partial charge in [-0.05, 0) is 91.0 Å². The van der Waals surface area contributed by atoms with Crippen molar-refractivity contribution in [3.05, 3.63) is 235 Å². The Morgan fingerprint density at radius 2 is 0.742 bits per heavy atom.